The molecule has 3 N–H and O–H groups in total. The SMILES string of the molecule is NC(CC(=O)O)C(=O)N1CCc2cc(OCc3ccc(-c4ccccc4)c([N+](=O)[O-])c3)ccc21. The molecule has 0 fully saturated rings. The van der Waals surface area contributed by atoms with Gasteiger partial charge in [-0.2, -0.15) is 0 Å². The molecule has 4 rings (SSSR count). The maximum atomic E-state index is 12.5. The summed E-state index contributed by atoms with van der Waals surface area (Å²) in [5, 5.41) is 20.5. The number of nitrogens with zero attached hydrogens (tertiary/aromatic N) is 2. The van der Waals surface area contributed by atoms with Gasteiger partial charge in [-0.3, -0.25) is 19.7 Å². The van der Waals surface area contributed by atoms with Crippen LogP contribution in [0.1, 0.15) is 17.5 Å². The van der Waals surface area contributed by atoms with Crippen molar-refractivity contribution >= 4 is 23.3 Å². The average molecular weight is 461 g/mol. The normalized spacial score (nSPS) is 13.3. The van der Waals surface area contributed by atoms with Crippen LogP contribution in [0.5, 0.6) is 5.75 Å². The second-order valence-corrected chi connectivity index (χ2v) is 8.00. The van der Waals surface area contributed by atoms with Gasteiger partial charge in [0, 0.05) is 18.3 Å². The van der Waals surface area contributed by atoms with E-state index in [1.54, 1.807) is 24.3 Å². The van der Waals surface area contributed by atoms with Crippen LogP contribution in [-0.2, 0) is 22.6 Å². The molecule has 0 radical (unpaired) electrons. The number of hydrogen-bond acceptors (Lipinski definition) is 6. The van der Waals surface area contributed by atoms with Gasteiger partial charge < -0.3 is 20.5 Å². The van der Waals surface area contributed by atoms with Crippen LogP contribution in [0.4, 0.5) is 11.4 Å². The fourth-order valence-corrected chi connectivity index (χ4v) is 4.02. The Morgan fingerprint density at radius 1 is 1.12 bits per heavy atom. The van der Waals surface area contributed by atoms with Crippen LogP contribution in [0.3, 0.4) is 0 Å². The largest absolute Gasteiger partial charge is 0.489 e. The molecular weight excluding hydrogens is 438 g/mol. The number of amides is 1. The van der Waals surface area contributed by atoms with Crippen molar-refractivity contribution in [3.8, 4) is 16.9 Å². The molecule has 0 saturated carbocycles. The highest BCUT2D eigenvalue weighted by Gasteiger charge is 2.29. The van der Waals surface area contributed by atoms with Crippen LogP contribution in [0.15, 0.2) is 66.7 Å². The molecule has 1 heterocycles. The number of hydrogen-bond donors (Lipinski definition) is 2. The Bertz CT molecular complexity index is 1240. The van der Waals surface area contributed by atoms with E-state index in [0.717, 1.165) is 11.1 Å². The predicted octanol–water partition coefficient (Wildman–Crippen LogP) is 3.53. The third-order valence-corrected chi connectivity index (χ3v) is 5.67. The van der Waals surface area contributed by atoms with Crippen molar-refractivity contribution in [3.63, 3.8) is 0 Å². The monoisotopic (exact) mass is 461 g/mol. The van der Waals surface area contributed by atoms with E-state index in [1.807, 2.05) is 36.4 Å². The molecule has 0 aliphatic carbocycles. The molecule has 3 aromatic carbocycles. The third kappa shape index (κ3) is 4.89. The molecule has 1 atom stereocenters. The predicted molar refractivity (Wildman–Crippen MR) is 126 cm³/mol. The summed E-state index contributed by atoms with van der Waals surface area (Å²) in [4.78, 5) is 36.1. The minimum atomic E-state index is -1.12. The summed E-state index contributed by atoms with van der Waals surface area (Å²) in [6.07, 6.45) is 0.163. The van der Waals surface area contributed by atoms with E-state index >= 15 is 0 Å². The molecule has 0 aromatic heterocycles. The number of carbonyl (C=O) groups is 2. The van der Waals surface area contributed by atoms with Gasteiger partial charge in [0.1, 0.15) is 12.4 Å². The summed E-state index contributed by atoms with van der Waals surface area (Å²) in [5.41, 5.74) is 9.27. The van der Waals surface area contributed by atoms with E-state index in [4.69, 9.17) is 15.6 Å². The Hall–Kier alpha value is -4.24. The van der Waals surface area contributed by atoms with Crippen molar-refractivity contribution in [3.05, 3.63) is 88.0 Å². The van der Waals surface area contributed by atoms with E-state index < -0.39 is 29.3 Å². The first-order valence-electron chi connectivity index (χ1n) is 10.7. The third-order valence-electron chi connectivity index (χ3n) is 5.67. The number of fused-ring (bicyclic) bond motifs is 1. The summed E-state index contributed by atoms with van der Waals surface area (Å²) in [6, 6.07) is 18.4. The number of aliphatic carboxylic acids is 1. The van der Waals surface area contributed by atoms with Gasteiger partial charge in [0.2, 0.25) is 5.91 Å². The van der Waals surface area contributed by atoms with Gasteiger partial charge in [0.05, 0.1) is 22.9 Å². The topological polar surface area (TPSA) is 136 Å². The maximum Gasteiger partial charge on any atom is 0.305 e. The van der Waals surface area contributed by atoms with Crippen molar-refractivity contribution in [1.29, 1.82) is 0 Å². The number of benzene rings is 3. The number of nitro groups is 1. The lowest BCUT2D eigenvalue weighted by molar-refractivity contribution is -0.384. The molecular formula is C25H23N3O6. The van der Waals surface area contributed by atoms with Crippen molar-refractivity contribution in [2.75, 3.05) is 11.4 Å². The van der Waals surface area contributed by atoms with Crippen molar-refractivity contribution in [2.24, 2.45) is 5.73 Å². The second-order valence-electron chi connectivity index (χ2n) is 8.00. The Morgan fingerprint density at radius 2 is 1.88 bits per heavy atom. The lowest BCUT2D eigenvalue weighted by Gasteiger charge is -2.21. The molecule has 9 nitrogen and oxygen atoms in total. The van der Waals surface area contributed by atoms with Crippen molar-refractivity contribution < 1.29 is 24.4 Å². The van der Waals surface area contributed by atoms with Gasteiger partial charge in [0.25, 0.3) is 5.69 Å². The molecule has 1 aliphatic rings. The van der Waals surface area contributed by atoms with Crippen LogP contribution in [0, 0.1) is 10.1 Å². The molecule has 34 heavy (non-hydrogen) atoms. The quantitative estimate of drug-likeness (QED) is 0.387. The fourth-order valence-electron chi connectivity index (χ4n) is 4.02. The highest BCUT2D eigenvalue weighted by Crippen LogP contribution is 2.33. The summed E-state index contributed by atoms with van der Waals surface area (Å²) < 4.78 is 5.87. The molecule has 1 amide bonds. The summed E-state index contributed by atoms with van der Waals surface area (Å²) in [6.45, 7) is 0.554. The van der Waals surface area contributed by atoms with Gasteiger partial charge in [0.15, 0.2) is 0 Å². The Morgan fingerprint density at radius 3 is 2.59 bits per heavy atom. The molecule has 1 unspecified atom stereocenters. The number of nitro benzene ring substituents is 1. The number of nitrogens with two attached hydrogens (primary N) is 1. The minimum Gasteiger partial charge on any atom is -0.489 e. The van der Waals surface area contributed by atoms with Crippen LogP contribution in [0.25, 0.3) is 11.1 Å². The smallest absolute Gasteiger partial charge is 0.305 e. The minimum absolute atomic E-state index is 0.00751. The van der Waals surface area contributed by atoms with Crippen LogP contribution in [0.2, 0.25) is 0 Å². The molecule has 174 valence electrons. The average Bonchev–Trinajstić information content (AvgIpc) is 3.25. The zero-order valence-corrected chi connectivity index (χ0v) is 18.2. The van der Waals surface area contributed by atoms with E-state index in [2.05, 4.69) is 0 Å². The van der Waals surface area contributed by atoms with Gasteiger partial charge in [-0.05, 0) is 47.4 Å². The molecule has 0 bridgehead atoms. The summed E-state index contributed by atoms with van der Waals surface area (Å²) >= 11 is 0. The number of carbonyl (C=O) groups excluding carboxylic acids is 1. The summed E-state index contributed by atoms with van der Waals surface area (Å²) in [7, 11) is 0. The van der Waals surface area contributed by atoms with Crippen molar-refractivity contribution in [1.82, 2.24) is 0 Å². The van der Waals surface area contributed by atoms with Gasteiger partial charge in [-0.15, -0.1) is 0 Å². The molecule has 0 spiro atoms. The zero-order valence-electron chi connectivity index (χ0n) is 18.2. The molecule has 3 aromatic rings. The zero-order chi connectivity index (χ0) is 24.2. The molecule has 0 saturated heterocycles. The van der Waals surface area contributed by atoms with Crippen LogP contribution >= 0.6 is 0 Å². The highest BCUT2D eigenvalue weighted by atomic mass is 16.6. The standard InChI is InChI=1S/C25H23N3O6/c26-21(14-24(29)30)25(31)27-11-10-18-13-19(7-9-22(18)27)34-15-16-6-8-20(23(12-16)28(32)33)17-4-2-1-3-5-17/h1-9,12-13,21H,10-11,14-15,26H2,(H,29,30). The maximum absolute atomic E-state index is 12.5. The van der Waals surface area contributed by atoms with Gasteiger partial charge in [-0.1, -0.05) is 36.4 Å². The van der Waals surface area contributed by atoms with Crippen molar-refractivity contribution in [2.45, 2.75) is 25.5 Å². The first kappa shape index (κ1) is 22.9. The number of rotatable bonds is 8. The number of ether oxygens (including phenoxy) is 1. The Labute approximate surface area is 195 Å². The number of carboxylic acid groups (broad SMARTS) is 1. The van der Waals surface area contributed by atoms with Gasteiger partial charge >= 0.3 is 5.97 Å². The lowest BCUT2D eigenvalue weighted by atomic mass is 10.0. The van der Waals surface area contributed by atoms with E-state index in [9.17, 15) is 19.7 Å². The highest BCUT2D eigenvalue weighted by molar-refractivity contribution is 6.00. The Balaban J connectivity index is 1.47. The second kappa shape index (κ2) is 9.72. The molecule has 1 aliphatic heterocycles. The summed E-state index contributed by atoms with van der Waals surface area (Å²) in [5.74, 6) is -0.987. The lowest BCUT2D eigenvalue weighted by Crippen LogP contribution is -2.44. The number of anilines is 1. The first-order valence-corrected chi connectivity index (χ1v) is 10.7. The fraction of sp³-hybridized carbons (Fsp3) is 0.200. The number of carboxylic acids is 1. The van der Waals surface area contributed by atoms with E-state index in [1.165, 1.54) is 11.0 Å². The van der Waals surface area contributed by atoms with E-state index in [0.29, 0.717) is 35.5 Å². The van der Waals surface area contributed by atoms with E-state index in [-0.39, 0.29) is 12.3 Å². The van der Waals surface area contributed by atoms with Crippen LogP contribution < -0.4 is 15.4 Å². The molecule has 9 heteroatoms. The Kier molecular flexibility index (Phi) is 6.55. The first-order chi connectivity index (χ1) is 16.3. The van der Waals surface area contributed by atoms with Gasteiger partial charge in [-0.25, -0.2) is 0 Å². The van der Waals surface area contributed by atoms with Crippen LogP contribution in [-0.4, -0.2) is 34.5 Å².